The molecule has 0 saturated carbocycles. The minimum atomic E-state index is -0.788. The lowest BCUT2D eigenvalue weighted by molar-refractivity contribution is 0.122. The summed E-state index contributed by atoms with van der Waals surface area (Å²) in [7, 11) is 8.13. The Morgan fingerprint density at radius 1 is 0.515 bits per heavy atom. The van der Waals surface area contributed by atoms with Crippen LogP contribution in [0.25, 0.3) is 0 Å². The van der Waals surface area contributed by atoms with E-state index >= 15 is 0 Å². The number of rotatable bonds is 7. The molecule has 168 valence electrons. The molecule has 4 aromatic rings. The van der Waals surface area contributed by atoms with E-state index in [4.69, 9.17) is 0 Å². The summed E-state index contributed by atoms with van der Waals surface area (Å²) in [6.45, 7) is 0. The van der Waals surface area contributed by atoms with E-state index in [1.165, 1.54) is 0 Å². The highest BCUT2D eigenvalue weighted by Crippen LogP contribution is 2.48. The Labute approximate surface area is 197 Å². The van der Waals surface area contributed by atoms with Gasteiger partial charge < -0.3 is 14.9 Å². The molecule has 1 N–H and O–H groups in total. The average Bonchev–Trinajstić information content (AvgIpc) is 2.86. The summed E-state index contributed by atoms with van der Waals surface area (Å²) in [5, 5.41) is 12.2. The van der Waals surface area contributed by atoms with Gasteiger partial charge in [0.25, 0.3) is 0 Å². The minimum absolute atomic E-state index is 0.771. The molecular weight excluding hydrogens is 404 g/mol. The topological polar surface area (TPSA) is 26.7 Å². The number of nitrogens with zero attached hydrogens (tertiary/aromatic N) is 2. The maximum absolute atomic E-state index is 12.2. The van der Waals surface area contributed by atoms with Gasteiger partial charge in [-0.1, -0.05) is 84.9 Å². The van der Waals surface area contributed by atoms with E-state index in [-0.39, 0.29) is 0 Å². The van der Waals surface area contributed by atoms with Gasteiger partial charge in [-0.3, -0.25) is 0 Å². The van der Waals surface area contributed by atoms with Crippen LogP contribution in [-0.4, -0.2) is 33.3 Å². The molecular formula is C30H32N2O. The summed E-state index contributed by atoms with van der Waals surface area (Å²) in [5.41, 5.74) is 5.49. The lowest BCUT2D eigenvalue weighted by Gasteiger charge is -2.40. The molecule has 0 aliphatic heterocycles. The van der Waals surface area contributed by atoms with Gasteiger partial charge in [0.1, 0.15) is 0 Å². The second-order valence-electron chi connectivity index (χ2n) is 8.87. The first-order chi connectivity index (χ1) is 15.9. The predicted molar refractivity (Wildman–Crippen MR) is 139 cm³/mol. The number of anilines is 2. The summed E-state index contributed by atoms with van der Waals surface area (Å²) < 4.78 is 0. The van der Waals surface area contributed by atoms with E-state index in [0.717, 1.165) is 33.6 Å². The molecule has 0 aromatic heterocycles. The highest BCUT2D eigenvalue weighted by Gasteiger charge is 2.44. The Kier molecular flexibility index (Phi) is 6.52. The lowest BCUT2D eigenvalue weighted by Crippen LogP contribution is -2.36. The third-order valence-electron chi connectivity index (χ3n) is 6.43. The molecule has 0 spiro atoms. The lowest BCUT2D eigenvalue weighted by atomic mass is 9.64. The molecule has 0 heterocycles. The Hall–Kier alpha value is -3.56. The third kappa shape index (κ3) is 4.24. The fourth-order valence-corrected chi connectivity index (χ4v) is 4.60. The smallest absolute Gasteiger partial charge is 0.0968 e. The number of aliphatic hydroxyl groups excluding tert-OH is 1. The first kappa shape index (κ1) is 22.6. The van der Waals surface area contributed by atoms with Gasteiger partial charge >= 0.3 is 0 Å². The Morgan fingerprint density at radius 3 is 1.27 bits per heavy atom. The molecule has 0 saturated heterocycles. The fourth-order valence-electron chi connectivity index (χ4n) is 4.60. The van der Waals surface area contributed by atoms with Crippen LogP contribution < -0.4 is 9.80 Å². The van der Waals surface area contributed by atoms with Crippen LogP contribution in [-0.2, 0) is 5.41 Å². The molecule has 1 atom stereocenters. The molecule has 0 amide bonds. The highest BCUT2D eigenvalue weighted by molar-refractivity contribution is 5.57. The van der Waals surface area contributed by atoms with Crippen molar-refractivity contribution in [3.05, 3.63) is 131 Å². The van der Waals surface area contributed by atoms with Crippen LogP contribution in [0, 0.1) is 0 Å². The van der Waals surface area contributed by atoms with Crippen LogP contribution in [0.4, 0.5) is 11.4 Å². The molecule has 3 heteroatoms. The van der Waals surface area contributed by atoms with E-state index in [2.05, 4.69) is 70.5 Å². The van der Waals surface area contributed by atoms with Crippen molar-refractivity contribution in [2.75, 3.05) is 38.0 Å². The van der Waals surface area contributed by atoms with Crippen LogP contribution in [0.3, 0.4) is 0 Å². The van der Waals surface area contributed by atoms with Crippen molar-refractivity contribution in [1.82, 2.24) is 0 Å². The second kappa shape index (κ2) is 9.51. The van der Waals surface area contributed by atoms with E-state index in [0.29, 0.717) is 0 Å². The maximum Gasteiger partial charge on any atom is 0.0968 e. The van der Waals surface area contributed by atoms with Gasteiger partial charge in [-0.15, -0.1) is 0 Å². The van der Waals surface area contributed by atoms with Gasteiger partial charge in [0.15, 0.2) is 0 Å². The molecule has 4 aromatic carbocycles. The molecule has 0 aliphatic carbocycles. The van der Waals surface area contributed by atoms with Crippen molar-refractivity contribution in [1.29, 1.82) is 0 Å². The molecule has 0 radical (unpaired) electrons. The van der Waals surface area contributed by atoms with Gasteiger partial charge in [0.05, 0.1) is 11.5 Å². The maximum atomic E-state index is 12.2. The van der Waals surface area contributed by atoms with Crippen LogP contribution in [0.2, 0.25) is 0 Å². The minimum Gasteiger partial charge on any atom is -0.387 e. The van der Waals surface area contributed by atoms with E-state index < -0.39 is 11.5 Å². The molecule has 4 rings (SSSR count). The van der Waals surface area contributed by atoms with Crippen LogP contribution in [0.1, 0.15) is 28.4 Å². The van der Waals surface area contributed by atoms with Gasteiger partial charge in [0, 0.05) is 39.6 Å². The number of hydrogen-bond donors (Lipinski definition) is 1. The summed E-state index contributed by atoms with van der Waals surface area (Å²) in [6.07, 6.45) is -0.788. The van der Waals surface area contributed by atoms with Crippen molar-refractivity contribution in [3.8, 4) is 0 Å². The monoisotopic (exact) mass is 436 g/mol. The SMILES string of the molecule is CN(C)c1ccc(C(O)C(c2ccccc2)(c2ccccc2)c2ccc(N(C)C)cc2)cc1. The fraction of sp³-hybridized carbons (Fsp3) is 0.200. The van der Waals surface area contributed by atoms with E-state index in [1.54, 1.807) is 0 Å². The normalized spacial score (nSPS) is 12.3. The third-order valence-corrected chi connectivity index (χ3v) is 6.43. The van der Waals surface area contributed by atoms with Crippen LogP contribution in [0.15, 0.2) is 109 Å². The van der Waals surface area contributed by atoms with Crippen molar-refractivity contribution >= 4 is 11.4 Å². The van der Waals surface area contributed by atoms with E-state index in [9.17, 15) is 5.11 Å². The quantitative estimate of drug-likeness (QED) is 0.366. The summed E-state index contributed by atoms with van der Waals surface area (Å²) in [5.74, 6) is 0. The van der Waals surface area contributed by atoms with Crippen molar-refractivity contribution in [2.45, 2.75) is 11.5 Å². The molecule has 0 fully saturated rings. The number of benzene rings is 4. The highest BCUT2D eigenvalue weighted by atomic mass is 16.3. The predicted octanol–water partition coefficient (Wildman–Crippen LogP) is 5.89. The van der Waals surface area contributed by atoms with E-state index in [1.807, 2.05) is 76.7 Å². The van der Waals surface area contributed by atoms with Crippen molar-refractivity contribution < 1.29 is 5.11 Å². The number of hydrogen-bond acceptors (Lipinski definition) is 3. The Bertz CT molecular complexity index is 1110. The Morgan fingerprint density at radius 2 is 0.879 bits per heavy atom. The summed E-state index contributed by atoms with van der Waals surface area (Å²) in [6, 6.07) is 37.4. The molecule has 0 aliphatic rings. The average molecular weight is 437 g/mol. The first-order valence-corrected chi connectivity index (χ1v) is 11.3. The molecule has 1 unspecified atom stereocenters. The van der Waals surface area contributed by atoms with Crippen molar-refractivity contribution in [2.24, 2.45) is 0 Å². The van der Waals surface area contributed by atoms with Crippen LogP contribution >= 0.6 is 0 Å². The largest absolute Gasteiger partial charge is 0.387 e. The van der Waals surface area contributed by atoms with Gasteiger partial charge in [0.2, 0.25) is 0 Å². The Balaban J connectivity index is 1.99. The molecule has 0 bridgehead atoms. The first-order valence-electron chi connectivity index (χ1n) is 11.3. The second-order valence-corrected chi connectivity index (χ2v) is 8.87. The number of aliphatic hydroxyl groups is 1. The molecule has 3 nitrogen and oxygen atoms in total. The van der Waals surface area contributed by atoms with Gasteiger partial charge in [-0.25, -0.2) is 0 Å². The van der Waals surface area contributed by atoms with Gasteiger partial charge in [-0.05, 0) is 46.5 Å². The zero-order chi connectivity index (χ0) is 23.4. The van der Waals surface area contributed by atoms with Crippen LogP contribution in [0.5, 0.6) is 0 Å². The molecule has 33 heavy (non-hydrogen) atoms. The van der Waals surface area contributed by atoms with Crippen molar-refractivity contribution in [3.63, 3.8) is 0 Å². The zero-order valence-corrected chi connectivity index (χ0v) is 19.8. The van der Waals surface area contributed by atoms with Gasteiger partial charge in [-0.2, -0.15) is 0 Å². The summed E-state index contributed by atoms with van der Waals surface area (Å²) >= 11 is 0. The standard InChI is InChI=1S/C30H32N2O/c1-31(2)27-19-15-23(16-20-27)29(33)30(24-11-7-5-8-12-24,25-13-9-6-10-14-25)26-17-21-28(22-18-26)32(3)4/h5-22,29,33H,1-4H3. The zero-order valence-electron chi connectivity index (χ0n) is 19.8. The summed E-state index contributed by atoms with van der Waals surface area (Å²) in [4.78, 5) is 4.16.